The molecule has 0 saturated heterocycles. The van der Waals surface area contributed by atoms with E-state index in [1.54, 1.807) is 6.92 Å². The molecule has 0 aromatic rings. The second-order valence-electron chi connectivity index (χ2n) is 4.71. The second-order valence-corrected chi connectivity index (χ2v) is 5.86. The van der Waals surface area contributed by atoms with Gasteiger partial charge in [-0.2, -0.15) is 0 Å². The van der Waals surface area contributed by atoms with Crippen LogP contribution in [0.5, 0.6) is 0 Å². The molecule has 0 fully saturated rings. The highest BCUT2D eigenvalue weighted by molar-refractivity contribution is 7.80. The Bertz CT molecular complexity index is 382. The van der Waals surface area contributed by atoms with Crippen LogP contribution in [0.4, 0.5) is 0 Å². The number of Topliss-reactive ketones (excluding diaryl/α,β-unsaturated/α-hetero) is 1. The van der Waals surface area contributed by atoms with Gasteiger partial charge >= 0.3 is 0 Å². The highest BCUT2D eigenvalue weighted by Crippen LogP contribution is 2.01. The Labute approximate surface area is 108 Å². The van der Waals surface area contributed by atoms with Crippen molar-refractivity contribution in [3.8, 4) is 0 Å². The van der Waals surface area contributed by atoms with Crippen molar-refractivity contribution in [2.45, 2.75) is 13.0 Å². The van der Waals surface area contributed by atoms with Crippen LogP contribution in [0.1, 0.15) is 6.92 Å². The molecule has 18 heavy (non-hydrogen) atoms. The maximum Gasteiger partial charge on any atom is 0.217 e. The maximum absolute atomic E-state index is 11.2. The normalized spacial score (nSPS) is 13.3. The highest BCUT2D eigenvalue weighted by atomic mass is 32.3. The van der Waals surface area contributed by atoms with Gasteiger partial charge in [-0.25, -0.2) is 8.42 Å². The molecule has 0 amide bonds. The molecule has 0 radical (unpaired) electrons. The Morgan fingerprint density at radius 2 is 1.78 bits per heavy atom. The lowest BCUT2D eigenvalue weighted by molar-refractivity contribution is -0.872. The SMILES string of the molecule is C=C(C)C(=O)C(O)C[N+](C)(C)C.COS(=O)(=O)[O-]. The molecule has 0 aliphatic rings. The summed E-state index contributed by atoms with van der Waals surface area (Å²) in [6, 6.07) is 0. The van der Waals surface area contributed by atoms with Gasteiger partial charge in [0.05, 0.1) is 28.3 Å². The number of ketones is 1. The van der Waals surface area contributed by atoms with E-state index in [1.165, 1.54) is 0 Å². The average Bonchev–Trinajstić information content (AvgIpc) is 2.13. The number of carbonyl (C=O) groups excluding carboxylic acids is 1. The standard InChI is InChI=1S/C9H18NO2.CH4O4S/c1-7(2)9(12)8(11)6-10(3,4)5;1-5-6(2,3)4/h8,11H,1,6H2,2-5H3;1H3,(H,2,3,4)/q+1;/p-1. The van der Waals surface area contributed by atoms with Gasteiger partial charge in [-0.15, -0.1) is 0 Å². The first-order chi connectivity index (χ1) is 7.80. The number of nitrogens with zero attached hydrogens (tertiary/aromatic N) is 1. The number of aliphatic hydroxyl groups is 1. The van der Waals surface area contributed by atoms with Crippen molar-refractivity contribution in [2.24, 2.45) is 0 Å². The summed E-state index contributed by atoms with van der Waals surface area (Å²) in [4.78, 5) is 11.2. The van der Waals surface area contributed by atoms with Gasteiger partial charge in [0.15, 0.2) is 11.9 Å². The lowest BCUT2D eigenvalue weighted by Crippen LogP contribution is -2.44. The van der Waals surface area contributed by atoms with E-state index in [2.05, 4.69) is 10.8 Å². The lowest BCUT2D eigenvalue weighted by atomic mass is 10.1. The van der Waals surface area contributed by atoms with Crippen molar-refractivity contribution in [3.63, 3.8) is 0 Å². The lowest BCUT2D eigenvalue weighted by Gasteiger charge is -2.26. The first-order valence-electron chi connectivity index (χ1n) is 5.00. The molecule has 1 N–H and O–H groups in total. The number of hydrogen-bond donors (Lipinski definition) is 1. The summed E-state index contributed by atoms with van der Waals surface area (Å²) in [7, 11) is 2.17. The fraction of sp³-hybridized carbons (Fsp3) is 0.700. The molecule has 1 atom stereocenters. The summed E-state index contributed by atoms with van der Waals surface area (Å²) >= 11 is 0. The van der Waals surface area contributed by atoms with E-state index in [0.717, 1.165) is 7.11 Å². The summed E-state index contributed by atoms with van der Waals surface area (Å²) in [5.74, 6) is -0.261. The van der Waals surface area contributed by atoms with E-state index >= 15 is 0 Å². The van der Waals surface area contributed by atoms with Crippen LogP contribution in [0, 0.1) is 0 Å². The van der Waals surface area contributed by atoms with Gasteiger partial charge in [0.25, 0.3) is 0 Å². The number of rotatable bonds is 5. The molecule has 8 heteroatoms. The summed E-state index contributed by atoms with van der Waals surface area (Å²) in [6.45, 7) is 5.52. The average molecular weight is 283 g/mol. The number of carbonyl (C=O) groups is 1. The molecule has 0 heterocycles. The summed E-state index contributed by atoms with van der Waals surface area (Å²) < 4.78 is 31.6. The smallest absolute Gasteiger partial charge is 0.217 e. The molecule has 7 nitrogen and oxygen atoms in total. The molecule has 0 spiro atoms. The van der Waals surface area contributed by atoms with Gasteiger partial charge in [0.1, 0.15) is 6.54 Å². The molecule has 108 valence electrons. The minimum absolute atomic E-state index is 0.261. The zero-order valence-corrected chi connectivity index (χ0v) is 12.2. The number of quaternary nitrogens is 1. The molecule has 1 unspecified atom stereocenters. The molecular weight excluding hydrogens is 262 g/mol. The van der Waals surface area contributed by atoms with Crippen molar-refractivity contribution in [3.05, 3.63) is 12.2 Å². The van der Waals surface area contributed by atoms with E-state index in [-0.39, 0.29) is 5.78 Å². The third kappa shape index (κ3) is 13.3. The molecular formula is C10H21NO6S. The summed E-state index contributed by atoms with van der Waals surface area (Å²) in [6.07, 6.45) is -0.914. The van der Waals surface area contributed by atoms with Crippen LogP contribution in [0.3, 0.4) is 0 Å². The molecule has 0 rings (SSSR count). The quantitative estimate of drug-likeness (QED) is 0.309. The first kappa shape index (κ1) is 19.5. The summed E-state index contributed by atoms with van der Waals surface area (Å²) in [5.41, 5.74) is 0.413. The predicted molar refractivity (Wildman–Crippen MR) is 65.4 cm³/mol. The minimum atomic E-state index is -4.41. The van der Waals surface area contributed by atoms with Gasteiger partial charge in [-0.05, 0) is 12.5 Å². The van der Waals surface area contributed by atoms with Crippen LogP contribution < -0.4 is 0 Å². The van der Waals surface area contributed by atoms with Crippen molar-refractivity contribution in [2.75, 3.05) is 34.8 Å². The van der Waals surface area contributed by atoms with Gasteiger partial charge < -0.3 is 14.1 Å². The van der Waals surface area contributed by atoms with Crippen LogP contribution in [0.2, 0.25) is 0 Å². The molecule has 0 aromatic carbocycles. The van der Waals surface area contributed by atoms with Crippen LogP contribution >= 0.6 is 0 Å². The van der Waals surface area contributed by atoms with E-state index in [9.17, 15) is 22.9 Å². The van der Waals surface area contributed by atoms with Gasteiger partial charge in [0, 0.05) is 0 Å². The predicted octanol–water partition coefficient (Wildman–Crippen LogP) is -0.708. The number of aliphatic hydroxyl groups excluding tert-OH is 1. The van der Waals surface area contributed by atoms with E-state index in [0.29, 0.717) is 16.6 Å². The van der Waals surface area contributed by atoms with Crippen LogP contribution in [-0.2, 0) is 19.4 Å². The first-order valence-corrected chi connectivity index (χ1v) is 6.33. The maximum atomic E-state index is 11.2. The molecule has 0 aliphatic carbocycles. The van der Waals surface area contributed by atoms with E-state index in [1.807, 2.05) is 21.1 Å². The third-order valence-corrected chi connectivity index (χ3v) is 2.06. The Morgan fingerprint density at radius 3 is 1.94 bits per heavy atom. The summed E-state index contributed by atoms with van der Waals surface area (Å²) in [5, 5.41) is 9.40. The Hall–Kier alpha value is -0.800. The Kier molecular flexibility index (Phi) is 8.24. The molecule has 0 aromatic heterocycles. The minimum Gasteiger partial charge on any atom is -0.726 e. The van der Waals surface area contributed by atoms with E-state index in [4.69, 9.17) is 0 Å². The van der Waals surface area contributed by atoms with Crippen molar-refractivity contribution in [1.82, 2.24) is 0 Å². The van der Waals surface area contributed by atoms with Crippen LogP contribution in [0.25, 0.3) is 0 Å². The zero-order chi connectivity index (χ0) is 15.1. The fourth-order valence-electron chi connectivity index (χ4n) is 0.886. The van der Waals surface area contributed by atoms with Crippen LogP contribution in [-0.4, -0.2) is 69.2 Å². The van der Waals surface area contributed by atoms with Gasteiger partial charge in [-0.3, -0.25) is 8.98 Å². The van der Waals surface area contributed by atoms with Crippen molar-refractivity contribution < 1.29 is 31.5 Å². The fourth-order valence-corrected chi connectivity index (χ4v) is 0.886. The van der Waals surface area contributed by atoms with Gasteiger partial charge in [-0.1, -0.05) is 6.58 Å². The van der Waals surface area contributed by atoms with Gasteiger partial charge in [0.2, 0.25) is 10.4 Å². The van der Waals surface area contributed by atoms with Crippen molar-refractivity contribution in [1.29, 1.82) is 0 Å². The number of hydrogen-bond acceptors (Lipinski definition) is 6. The van der Waals surface area contributed by atoms with Crippen molar-refractivity contribution >= 4 is 16.2 Å². The Morgan fingerprint density at radius 1 is 1.44 bits per heavy atom. The highest BCUT2D eigenvalue weighted by Gasteiger charge is 2.22. The molecule has 0 saturated carbocycles. The number of likely N-dealkylation sites (N-methyl/N-ethyl adjacent to an activating group) is 1. The van der Waals surface area contributed by atoms with Crippen LogP contribution in [0.15, 0.2) is 12.2 Å². The van der Waals surface area contributed by atoms with E-state index < -0.39 is 16.5 Å². The molecule has 0 aliphatic heterocycles. The topological polar surface area (TPSA) is 104 Å². The Balaban J connectivity index is 0. The third-order valence-electron chi connectivity index (χ3n) is 1.65. The largest absolute Gasteiger partial charge is 0.726 e. The second kappa shape index (κ2) is 7.59. The monoisotopic (exact) mass is 283 g/mol. The molecule has 0 bridgehead atoms. The zero-order valence-electron chi connectivity index (χ0n) is 11.3.